The van der Waals surface area contributed by atoms with Gasteiger partial charge in [-0.2, -0.15) is 0 Å². The maximum Gasteiger partial charge on any atom is 0.251 e. The molecule has 0 bridgehead atoms. The Balaban J connectivity index is 1.86. The molecule has 2 aromatic rings. The summed E-state index contributed by atoms with van der Waals surface area (Å²) in [7, 11) is -1.99. The highest BCUT2D eigenvalue weighted by Gasteiger charge is 2.16. The number of amides is 1. The van der Waals surface area contributed by atoms with Crippen LogP contribution in [0.1, 0.15) is 28.9 Å². The van der Waals surface area contributed by atoms with Gasteiger partial charge in [0.05, 0.1) is 12.9 Å². The zero-order chi connectivity index (χ0) is 18.3. The third-order valence-electron chi connectivity index (χ3n) is 3.64. The monoisotopic (exact) mass is 362 g/mol. The second-order valence-corrected chi connectivity index (χ2v) is 7.43. The standard InChI is InChI=1S/C18H22N2O4S/c1-14(15-7-4-3-5-8-15)20-25(22,23)12-11-19-18(21)16-9-6-10-17(13-16)24-2/h3-10,13-14,20H,11-12H2,1-2H3,(H,19,21)/t14-/m0/s1. The van der Waals surface area contributed by atoms with Crippen LogP contribution in [0.25, 0.3) is 0 Å². The van der Waals surface area contributed by atoms with E-state index in [0.29, 0.717) is 11.3 Å². The Bertz CT molecular complexity index is 807. The van der Waals surface area contributed by atoms with Crippen LogP contribution < -0.4 is 14.8 Å². The van der Waals surface area contributed by atoms with E-state index >= 15 is 0 Å². The Morgan fingerprint density at radius 2 is 1.84 bits per heavy atom. The van der Waals surface area contributed by atoms with E-state index in [4.69, 9.17) is 4.74 Å². The Morgan fingerprint density at radius 3 is 2.52 bits per heavy atom. The van der Waals surface area contributed by atoms with E-state index in [-0.39, 0.29) is 24.2 Å². The van der Waals surface area contributed by atoms with E-state index in [0.717, 1.165) is 5.56 Å². The molecule has 2 N–H and O–H groups in total. The summed E-state index contributed by atoms with van der Waals surface area (Å²) in [5, 5.41) is 2.61. The van der Waals surface area contributed by atoms with Crippen LogP contribution in [-0.4, -0.2) is 33.7 Å². The first kappa shape index (κ1) is 19.0. The van der Waals surface area contributed by atoms with Crippen LogP contribution >= 0.6 is 0 Å². The minimum Gasteiger partial charge on any atom is -0.497 e. The van der Waals surface area contributed by atoms with Crippen molar-refractivity contribution < 1.29 is 17.9 Å². The van der Waals surface area contributed by atoms with Gasteiger partial charge >= 0.3 is 0 Å². The summed E-state index contributed by atoms with van der Waals surface area (Å²) in [5.41, 5.74) is 1.30. The number of carbonyl (C=O) groups is 1. The topological polar surface area (TPSA) is 84.5 Å². The third-order valence-corrected chi connectivity index (χ3v) is 5.10. The summed E-state index contributed by atoms with van der Waals surface area (Å²) in [6, 6.07) is 15.6. The van der Waals surface area contributed by atoms with E-state index < -0.39 is 10.0 Å². The highest BCUT2D eigenvalue weighted by Crippen LogP contribution is 2.13. The molecule has 134 valence electrons. The normalized spacial score (nSPS) is 12.4. The number of benzene rings is 2. The van der Waals surface area contributed by atoms with Gasteiger partial charge in [-0.15, -0.1) is 0 Å². The highest BCUT2D eigenvalue weighted by atomic mass is 32.2. The summed E-state index contributed by atoms with van der Waals surface area (Å²) in [4.78, 5) is 12.1. The number of sulfonamides is 1. The minimum atomic E-state index is -3.51. The molecule has 6 nitrogen and oxygen atoms in total. The number of carbonyl (C=O) groups excluding carboxylic acids is 1. The Morgan fingerprint density at radius 1 is 1.12 bits per heavy atom. The van der Waals surface area contributed by atoms with Crippen molar-refractivity contribution in [2.45, 2.75) is 13.0 Å². The van der Waals surface area contributed by atoms with Crippen molar-refractivity contribution in [3.63, 3.8) is 0 Å². The molecule has 0 heterocycles. The molecule has 0 aromatic heterocycles. The van der Waals surface area contributed by atoms with Gasteiger partial charge in [0.1, 0.15) is 5.75 Å². The number of methoxy groups -OCH3 is 1. The Hall–Kier alpha value is -2.38. The van der Waals surface area contributed by atoms with Crippen molar-refractivity contribution in [3.05, 3.63) is 65.7 Å². The fourth-order valence-corrected chi connectivity index (χ4v) is 3.47. The van der Waals surface area contributed by atoms with Crippen molar-refractivity contribution in [3.8, 4) is 5.75 Å². The molecular weight excluding hydrogens is 340 g/mol. The van der Waals surface area contributed by atoms with Gasteiger partial charge < -0.3 is 10.1 Å². The molecule has 2 rings (SSSR count). The fourth-order valence-electron chi connectivity index (χ4n) is 2.30. The number of hydrogen-bond acceptors (Lipinski definition) is 4. The summed E-state index contributed by atoms with van der Waals surface area (Å²) < 4.78 is 32.0. The molecule has 0 aliphatic carbocycles. The molecule has 1 amide bonds. The van der Waals surface area contributed by atoms with Gasteiger partial charge in [0.25, 0.3) is 5.91 Å². The Kier molecular flexibility index (Phi) is 6.55. The van der Waals surface area contributed by atoms with E-state index in [1.165, 1.54) is 7.11 Å². The second kappa shape index (κ2) is 8.64. The molecule has 25 heavy (non-hydrogen) atoms. The van der Waals surface area contributed by atoms with Crippen molar-refractivity contribution in [2.75, 3.05) is 19.4 Å². The van der Waals surface area contributed by atoms with E-state index in [1.807, 2.05) is 30.3 Å². The predicted octanol–water partition coefficient (Wildman–Crippen LogP) is 2.11. The SMILES string of the molecule is COc1cccc(C(=O)NCCS(=O)(=O)N[C@@H](C)c2ccccc2)c1. The quantitative estimate of drug-likeness (QED) is 0.753. The average molecular weight is 362 g/mol. The summed E-state index contributed by atoms with van der Waals surface area (Å²) >= 11 is 0. The van der Waals surface area contributed by atoms with Gasteiger partial charge in [-0.3, -0.25) is 4.79 Å². The van der Waals surface area contributed by atoms with E-state index in [9.17, 15) is 13.2 Å². The van der Waals surface area contributed by atoms with Gasteiger partial charge in [0.2, 0.25) is 10.0 Å². The van der Waals surface area contributed by atoms with Crippen molar-refractivity contribution in [2.24, 2.45) is 0 Å². The lowest BCUT2D eigenvalue weighted by Crippen LogP contribution is -2.35. The van der Waals surface area contributed by atoms with Crippen LogP contribution in [0.2, 0.25) is 0 Å². The molecule has 0 saturated carbocycles. The molecule has 2 aromatic carbocycles. The zero-order valence-electron chi connectivity index (χ0n) is 14.2. The summed E-state index contributed by atoms with van der Waals surface area (Å²) in [6.45, 7) is 1.80. The molecule has 1 atom stereocenters. The van der Waals surface area contributed by atoms with Crippen molar-refractivity contribution in [1.29, 1.82) is 0 Å². The number of nitrogens with one attached hydrogen (secondary N) is 2. The largest absolute Gasteiger partial charge is 0.497 e. The van der Waals surface area contributed by atoms with Gasteiger partial charge in [-0.05, 0) is 30.7 Å². The van der Waals surface area contributed by atoms with E-state index in [1.54, 1.807) is 31.2 Å². The first-order valence-corrected chi connectivity index (χ1v) is 9.54. The van der Waals surface area contributed by atoms with Crippen LogP contribution in [-0.2, 0) is 10.0 Å². The lowest BCUT2D eigenvalue weighted by atomic mass is 10.1. The smallest absolute Gasteiger partial charge is 0.251 e. The molecule has 0 aliphatic heterocycles. The molecule has 0 unspecified atom stereocenters. The van der Waals surface area contributed by atoms with Gasteiger partial charge in [0, 0.05) is 18.2 Å². The van der Waals surface area contributed by atoms with Gasteiger partial charge in [0.15, 0.2) is 0 Å². The van der Waals surface area contributed by atoms with Gasteiger partial charge in [-0.25, -0.2) is 13.1 Å². The molecule has 0 saturated heterocycles. The lowest BCUT2D eigenvalue weighted by Gasteiger charge is -2.15. The number of ether oxygens (including phenoxy) is 1. The maximum atomic E-state index is 12.2. The average Bonchev–Trinajstić information content (AvgIpc) is 2.61. The summed E-state index contributed by atoms with van der Waals surface area (Å²) in [5.74, 6) is 0.0312. The molecular formula is C18H22N2O4S. The molecule has 0 radical (unpaired) electrons. The van der Waals surface area contributed by atoms with Crippen LogP contribution in [0.3, 0.4) is 0 Å². The molecule has 0 spiro atoms. The fraction of sp³-hybridized carbons (Fsp3) is 0.278. The third kappa shape index (κ3) is 5.88. The van der Waals surface area contributed by atoms with Crippen LogP contribution in [0.15, 0.2) is 54.6 Å². The number of rotatable bonds is 8. The molecule has 7 heteroatoms. The Labute approximate surface area is 148 Å². The van der Waals surface area contributed by atoms with E-state index in [2.05, 4.69) is 10.0 Å². The van der Waals surface area contributed by atoms with Crippen LogP contribution in [0.5, 0.6) is 5.75 Å². The zero-order valence-corrected chi connectivity index (χ0v) is 15.0. The number of hydrogen-bond donors (Lipinski definition) is 2. The highest BCUT2D eigenvalue weighted by molar-refractivity contribution is 7.89. The van der Waals surface area contributed by atoms with Crippen molar-refractivity contribution in [1.82, 2.24) is 10.0 Å². The predicted molar refractivity (Wildman–Crippen MR) is 97.1 cm³/mol. The van der Waals surface area contributed by atoms with Crippen LogP contribution in [0, 0.1) is 0 Å². The molecule has 0 fully saturated rings. The maximum absolute atomic E-state index is 12.2. The first-order chi connectivity index (χ1) is 11.9. The van der Waals surface area contributed by atoms with Crippen LogP contribution in [0.4, 0.5) is 0 Å². The van der Waals surface area contributed by atoms with Crippen molar-refractivity contribution >= 4 is 15.9 Å². The summed E-state index contributed by atoms with van der Waals surface area (Å²) in [6.07, 6.45) is 0. The second-order valence-electron chi connectivity index (χ2n) is 5.56. The first-order valence-electron chi connectivity index (χ1n) is 7.88. The minimum absolute atomic E-state index is 0.0207. The molecule has 0 aliphatic rings. The lowest BCUT2D eigenvalue weighted by molar-refractivity contribution is 0.0956. The van der Waals surface area contributed by atoms with Gasteiger partial charge in [-0.1, -0.05) is 36.4 Å².